The fourth-order valence-corrected chi connectivity index (χ4v) is 3.58. The zero-order chi connectivity index (χ0) is 25.8. The SMILES string of the molecule is O=C(Nc1ccc(C(F)(F)C(F)(F)F)cc1)c1cccnc1NCc1ccnc(N2CCOCC2)c1. The second-order valence-corrected chi connectivity index (χ2v) is 7.98. The molecule has 0 saturated carbocycles. The van der Waals surface area contributed by atoms with E-state index in [0.29, 0.717) is 31.9 Å². The molecule has 0 spiro atoms. The molecule has 1 aliphatic heterocycles. The van der Waals surface area contributed by atoms with E-state index in [9.17, 15) is 26.7 Å². The summed E-state index contributed by atoms with van der Waals surface area (Å²) >= 11 is 0. The van der Waals surface area contributed by atoms with Crippen LogP contribution in [-0.2, 0) is 17.2 Å². The van der Waals surface area contributed by atoms with Crippen molar-refractivity contribution in [1.29, 1.82) is 0 Å². The third-order valence-corrected chi connectivity index (χ3v) is 5.52. The number of anilines is 3. The van der Waals surface area contributed by atoms with E-state index in [1.807, 2.05) is 12.1 Å². The zero-order valence-corrected chi connectivity index (χ0v) is 18.9. The number of benzene rings is 1. The second kappa shape index (κ2) is 10.4. The van der Waals surface area contributed by atoms with Crippen molar-refractivity contribution in [2.45, 2.75) is 18.6 Å². The molecule has 36 heavy (non-hydrogen) atoms. The number of aromatic nitrogens is 2. The highest BCUT2D eigenvalue weighted by molar-refractivity contribution is 6.07. The Bertz CT molecular complexity index is 1200. The van der Waals surface area contributed by atoms with Crippen LogP contribution in [0.25, 0.3) is 0 Å². The Kier molecular flexibility index (Phi) is 7.34. The van der Waals surface area contributed by atoms with E-state index in [1.165, 1.54) is 12.3 Å². The maximum absolute atomic E-state index is 13.5. The summed E-state index contributed by atoms with van der Waals surface area (Å²) in [7, 11) is 0. The first-order valence-corrected chi connectivity index (χ1v) is 11.0. The van der Waals surface area contributed by atoms with Gasteiger partial charge in [-0.25, -0.2) is 9.97 Å². The van der Waals surface area contributed by atoms with Crippen molar-refractivity contribution in [2.24, 2.45) is 0 Å². The van der Waals surface area contributed by atoms with Gasteiger partial charge < -0.3 is 20.3 Å². The molecule has 1 saturated heterocycles. The number of hydrogen-bond acceptors (Lipinski definition) is 6. The number of nitrogens with one attached hydrogen (secondary N) is 2. The van der Waals surface area contributed by atoms with Crippen LogP contribution in [-0.4, -0.2) is 48.4 Å². The van der Waals surface area contributed by atoms with Crippen LogP contribution in [0.2, 0.25) is 0 Å². The maximum Gasteiger partial charge on any atom is 0.458 e. The molecule has 3 aromatic rings. The predicted molar refractivity (Wildman–Crippen MR) is 123 cm³/mol. The third kappa shape index (κ3) is 5.70. The largest absolute Gasteiger partial charge is 0.458 e. The van der Waals surface area contributed by atoms with Gasteiger partial charge in [-0.3, -0.25) is 4.79 Å². The molecule has 0 radical (unpaired) electrons. The van der Waals surface area contributed by atoms with Crippen LogP contribution in [0, 0.1) is 0 Å². The van der Waals surface area contributed by atoms with Crippen LogP contribution in [0.15, 0.2) is 60.9 Å². The third-order valence-electron chi connectivity index (χ3n) is 5.52. The fraction of sp³-hybridized carbons (Fsp3) is 0.292. The van der Waals surface area contributed by atoms with Crippen molar-refractivity contribution < 1.29 is 31.5 Å². The summed E-state index contributed by atoms with van der Waals surface area (Å²) in [6.07, 6.45) is -2.52. The molecule has 7 nitrogen and oxygen atoms in total. The van der Waals surface area contributed by atoms with Crippen LogP contribution in [0.1, 0.15) is 21.5 Å². The molecule has 1 aliphatic rings. The van der Waals surface area contributed by atoms with Gasteiger partial charge in [-0.2, -0.15) is 22.0 Å². The van der Waals surface area contributed by atoms with Crippen LogP contribution < -0.4 is 15.5 Å². The van der Waals surface area contributed by atoms with E-state index in [-0.39, 0.29) is 17.1 Å². The normalized spacial score (nSPS) is 14.4. The molecule has 2 aromatic heterocycles. The summed E-state index contributed by atoms with van der Waals surface area (Å²) in [5.74, 6) is -4.51. The van der Waals surface area contributed by atoms with E-state index >= 15 is 0 Å². The van der Waals surface area contributed by atoms with Crippen molar-refractivity contribution >= 4 is 23.2 Å². The number of pyridine rings is 2. The van der Waals surface area contributed by atoms with Gasteiger partial charge in [-0.15, -0.1) is 0 Å². The molecule has 3 heterocycles. The lowest BCUT2D eigenvalue weighted by atomic mass is 10.1. The summed E-state index contributed by atoms with van der Waals surface area (Å²) in [6.45, 7) is 3.08. The molecule has 0 aliphatic carbocycles. The highest BCUT2D eigenvalue weighted by Crippen LogP contribution is 2.43. The number of hydrogen-bond donors (Lipinski definition) is 2. The summed E-state index contributed by atoms with van der Waals surface area (Å²) in [5.41, 5.74) is -0.0827. The Labute approximate surface area is 203 Å². The number of halogens is 5. The van der Waals surface area contributed by atoms with E-state index in [2.05, 4.69) is 25.5 Å². The first-order chi connectivity index (χ1) is 17.1. The van der Waals surface area contributed by atoms with Gasteiger partial charge >= 0.3 is 12.1 Å². The minimum Gasteiger partial charge on any atom is -0.378 e. The zero-order valence-electron chi connectivity index (χ0n) is 18.9. The van der Waals surface area contributed by atoms with Gasteiger partial charge in [-0.1, -0.05) is 12.1 Å². The van der Waals surface area contributed by atoms with E-state index in [0.717, 1.165) is 36.6 Å². The Hall–Kier alpha value is -3.80. The number of carbonyl (C=O) groups is 1. The fourth-order valence-electron chi connectivity index (χ4n) is 3.58. The summed E-state index contributed by atoms with van der Waals surface area (Å²) in [6, 6.07) is 10.1. The Morgan fingerprint density at radius 3 is 2.39 bits per heavy atom. The number of morpholine rings is 1. The lowest BCUT2D eigenvalue weighted by Crippen LogP contribution is -2.36. The quantitative estimate of drug-likeness (QED) is 0.446. The van der Waals surface area contributed by atoms with Gasteiger partial charge in [0.25, 0.3) is 5.91 Å². The molecular weight excluding hydrogens is 485 g/mol. The highest BCUT2D eigenvalue weighted by Gasteiger charge is 2.58. The van der Waals surface area contributed by atoms with E-state index in [1.54, 1.807) is 12.3 Å². The Morgan fingerprint density at radius 2 is 1.69 bits per heavy atom. The number of carbonyl (C=O) groups excluding carboxylic acids is 1. The summed E-state index contributed by atoms with van der Waals surface area (Å²) in [4.78, 5) is 23.5. The molecule has 0 atom stereocenters. The minimum absolute atomic E-state index is 0.0563. The minimum atomic E-state index is -5.72. The van der Waals surface area contributed by atoms with E-state index < -0.39 is 23.6 Å². The van der Waals surface area contributed by atoms with Gasteiger partial charge in [0.15, 0.2) is 0 Å². The van der Waals surface area contributed by atoms with Crippen molar-refractivity contribution in [2.75, 3.05) is 41.8 Å². The molecule has 1 amide bonds. The van der Waals surface area contributed by atoms with Gasteiger partial charge in [0.1, 0.15) is 11.6 Å². The lowest BCUT2D eigenvalue weighted by molar-refractivity contribution is -0.289. The molecular formula is C24H22F5N5O2. The Morgan fingerprint density at radius 1 is 0.972 bits per heavy atom. The van der Waals surface area contributed by atoms with Gasteiger partial charge in [0.2, 0.25) is 0 Å². The molecule has 2 N–H and O–H groups in total. The predicted octanol–water partition coefficient (Wildman–Crippen LogP) is 4.83. The average Bonchev–Trinajstić information content (AvgIpc) is 2.88. The van der Waals surface area contributed by atoms with Crippen molar-refractivity contribution in [3.05, 3.63) is 77.6 Å². The van der Waals surface area contributed by atoms with Crippen LogP contribution in [0.3, 0.4) is 0 Å². The van der Waals surface area contributed by atoms with Crippen LogP contribution in [0.4, 0.5) is 39.3 Å². The topological polar surface area (TPSA) is 79.4 Å². The van der Waals surface area contributed by atoms with Gasteiger partial charge in [0, 0.05) is 43.3 Å². The van der Waals surface area contributed by atoms with Gasteiger partial charge in [-0.05, 0) is 42.0 Å². The molecule has 4 rings (SSSR count). The van der Waals surface area contributed by atoms with Crippen molar-refractivity contribution in [1.82, 2.24) is 9.97 Å². The molecule has 1 aromatic carbocycles. The maximum atomic E-state index is 13.5. The Balaban J connectivity index is 1.43. The van der Waals surface area contributed by atoms with Crippen LogP contribution >= 0.6 is 0 Å². The van der Waals surface area contributed by atoms with Crippen molar-refractivity contribution in [3.63, 3.8) is 0 Å². The first kappa shape index (κ1) is 25.3. The van der Waals surface area contributed by atoms with E-state index in [4.69, 9.17) is 4.74 Å². The lowest BCUT2D eigenvalue weighted by Gasteiger charge is -2.28. The number of alkyl halides is 5. The summed E-state index contributed by atoms with van der Waals surface area (Å²) in [5, 5.41) is 5.60. The first-order valence-electron chi connectivity index (χ1n) is 11.0. The molecule has 1 fully saturated rings. The molecule has 12 heteroatoms. The van der Waals surface area contributed by atoms with Gasteiger partial charge in [0.05, 0.1) is 18.8 Å². The van der Waals surface area contributed by atoms with Crippen molar-refractivity contribution in [3.8, 4) is 0 Å². The molecule has 0 bridgehead atoms. The second-order valence-electron chi connectivity index (χ2n) is 7.98. The summed E-state index contributed by atoms with van der Waals surface area (Å²) < 4.78 is 70.0. The highest BCUT2D eigenvalue weighted by atomic mass is 19.4. The number of rotatable bonds is 7. The average molecular weight is 507 g/mol. The molecule has 0 unspecified atom stereocenters. The molecule has 190 valence electrons. The number of amides is 1. The number of ether oxygens (including phenoxy) is 1. The monoisotopic (exact) mass is 507 g/mol. The van der Waals surface area contributed by atoms with Crippen LogP contribution in [0.5, 0.6) is 0 Å². The standard InChI is InChI=1S/C24H22F5N5O2/c25-23(26,24(27,28)29)17-3-5-18(6-4-17)33-22(35)19-2-1-8-31-21(19)32-15-16-7-9-30-20(14-16)34-10-12-36-13-11-34/h1-9,14H,10-13,15H2,(H,31,32)(H,33,35). The number of nitrogens with zero attached hydrogens (tertiary/aromatic N) is 3. The smallest absolute Gasteiger partial charge is 0.378 e.